The van der Waals surface area contributed by atoms with E-state index < -0.39 is 0 Å². The number of rotatable bonds is 6. The molecule has 1 N–H and O–H groups in total. The number of carbonyl (C=O) groups is 1. The molecular formula is C21H22N4O3. The molecule has 0 aliphatic carbocycles. The quantitative estimate of drug-likeness (QED) is 0.714. The van der Waals surface area contributed by atoms with Gasteiger partial charge in [-0.2, -0.15) is 5.10 Å². The van der Waals surface area contributed by atoms with Crippen molar-refractivity contribution in [3.05, 3.63) is 65.7 Å². The number of benzene rings is 2. The van der Waals surface area contributed by atoms with E-state index in [-0.39, 0.29) is 12.0 Å². The monoisotopic (exact) mass is 378 g/mol. The molecule has 0 saturated heterocycles. The number of nitrogens with zero attached hydrogens (tertiary/aromatic N) is 3. The van der Waals surface area contributed by atoms with Crippen LogP contribution in [0, 0.1) is 0 Å². The molecule has 1 aliphatic rings. The molecule has 0 radical (unpaired) electrons. The van der Waals surface area contributed by atoms with E-state index in [9.17, 15) is 4.79 Å². The van der Waals surface area contributed by atoms with Crippen LogP contribution >= 0.6 is 0 Å². The smallest absolute Gasteiger partial charge is 0.251 e. The number of nitrogens with one attached hydrogen (secondary N) is 1. The molecule has 2 heterocycles. The van der Waals surface area contributed by atoms with Crippen LogP contribution in [0.4, 0.5) is 0 Å². The first kappa shape index (κ1) is 18.0. The van der Waals surface area contributed by atoms with E-state index in [1.165, 1.54) is 6.33 Å². The normalized spacial score (nSPS) is 15.0. The average Bonchev–Trinajstić information content (AvgIpc) is 3.35. The highest BCUT2D eigenvalue weighted by Crippen LogP contribution is 2.35. The molecule has 0 saturated carbocycles. The Hall–Kier alpha value is -3.35. The first-order chi connectivity index (χ1) is 13.6. The lowest BCUT2D eigenvalue weighted by Gasteiger charge is -2.13. The predicted molar refractivity (Wildman–Crippen MR) is 104 cm³/mol. The minimum absolute atomic E-state index is 0.151. The van der Waals surface area contributed by atoms with Crippen molar-refractivity contribution in [2.45, 2.75) is 32.9 Å². The van der Waals surface area contributed by atoms with Crippen molar-refractivity contribution in [2.75, 3.05) is 6.61 Å². The highest BCUT2D eigenvalue weighted by molar-refractivity contribution is 5.94. The summed E-state index contributed by atoms with van der Waals surface area (Å²) in [5.74, 6) is 1.51. The van der Waals surface area contributed by atoms with Crippen LogP contribution in [0.15, 0.2) is 49.1 Å². The third-order valence-corrected chi connectivity index (χ3v) is 4.63. The van der Waals surface area contributed by atoms with Crippen molar-refractivity contribution in [2.24, 2.45) is 0 Å². The first-order valence-electron chi connectivity index (χ1n) is 9.32. The fourth-order valence-corrected chi connectivity index (χ4v) is 3.29. The summed E-state index contributed by atoms with van der Waals surface area (Å²) in [7, 11) is 0. The Morgan fingerprint density at radius 2 is 2.14 bits per heavy atom. The number of fused-ring (bicyclic) bond motifs is 1. The Morgan fingerprint density at radius 3 is 2.86 bits per heavy atom. The molecule has 4 rings (SSSR count). The number of ether oxygens (including phenoxy) is 2. The second-order valence-electron chi connectivity index (χ2n) is 6.70. The lowest BCUT2D eigenvalue weighted by molar-refractivity contribution is 0.0950. The van der Waals surface area contributed by atoms with E-state index in [1.807, 2.05) is 38.1 Å². The lowest BCUT2D eigenvalue weighted by Crippen LogP contribution is -2.23. The molecular weight excluding hydrogens is 356 g/mol. The molecule has 1 amide bonds. The Kier molecular flexibility index (Phi) is 4.97. The van der Waals surface area contributed by atoms with E-state index in [2.05, 4.69) is 15.4 Å². The highest BCUT2D eigenvalue weighted by Gasteiger charge is 2.22. The molecule has 1 aromatic heterocycles. The Morgan fingerprint density at radius 1 is 1.32 bits per heavy atom. The standard InChI is InChI=1S/C21H22N4O3/c1-3-27-19-9-16-8-14(2)28-20(16)10-17(19)11-23-21(26)15-4-6-18(7-5-15)25-13-22-12-24-25/h4-7,9-10,12-14H,3,8,11H2,1-2H3,(H,23,26)/t14-/m0/s1. The van der Waals surface area contributed by atoms with E-state index in [0.717, 1.165) is 34.7 Å². The van der Waals surface area contributed by atoms with Crippen LogP contribution in [0.25, 0.3) is 5.69 Å². The summed E-state index contributed by atoms with van der Waals surface area (Å²) in [6.45, 7) is 4.93. The van der Waals surface area contributed by atoms with Gasteiger partial charge in [0.05, 0.1) is 12.3 Å². The summed E-state index contributed by atoms with van der Waals surface area (Å²) in [4.78, 5) is 16.5. The van der Waals surface area contributed by atoms with E-state index in [1.54, 1.807) is 23.1 Å². The second kappa shape index (κ2) is 7.72. The van der Waals surface area contributed by atoms with Gasteiger partial charge in [0, 0.05) is 29.7 Å². The molecule has 7 heteroatoms. The molecule has 1 atom stereocenters. The largest absolute Gasteiger partial charge is 0.494 e. The second-order valence-corrected chi connectivity index (χ2v) is 6.70. The van der Waals surface area contributed by atoms with Crippen LogP contribution in [0.2, 0.25) is 0 Å². The van der Waals surface area contributed by atoms with Crippen LogP contribution < -0.4 is 14.8 Å². The molecule has 1 aliphatic heterocycles. The zero-order valence-electron chi connectivity index (χ0n) is 15.9. The van der Waals surface area contributed by atoms with E-state index >= 15 is 0 Å². The number of hydrogen-bond donors (Lipinski definition) is 1. The first-order valence-corrected chi connectivity index (χ1v) is 9.32. The average molecular weight is 378 g/mol. The van der Waals surface area contributed by atoms with Crippen LogP contribution in [0.5, 0.6) is 11.5 Å². The fourth-order valence-electron chi connectivity index (χ4n) is 3.29. The van der Waals surface area contributed by atoms with Crippen molar-refractivity contribution in [1.29, 1.82) is 0 Å². The number of hydrogen-bond acceptors (Lipinski definition) is 5. The molecule has 7 nitrogen and oxygen atoms in total. The Bertz CT molecular complexity index is 968. The van der Waals surface area contributed by atoms with Gasteiger partial charge in [-0.25, -0.2) is 9.67 Å². The molecule has 2 aromatic carbocycles. The van der Waals surface area contributed by atoms with Crippen molar-refractivity contribution < 1.29 is 14.3 Å². The predicted octanol–water partition coefficient (Wildman–Crippen LogP) is 2.92. The maximum absolute atomic E-state index is 12.6. The van der Waals surface area contributed by atoms with Crippen LogP contribution in [-0.4, -0.2) is 33.4 Å². The highest BCUT2D eigenvalue weighted by atomic mass is 16.5. The number of carbonyl (C=O) groups excluding carboxylic acids is 1. The summed E-state index contributed by atoms with van der Waals surface area (Å²) >= 11 is 0. The molecule has 28 heavy (non-hydrogen) atoms. The van der Waals surface area contributed by atoms with Crippen molar-refractivity contribution in [3.63, 3.8) is 0 Å². The fraction of sp³-hybridized carbons (Fsp3) is 0.286. The summed E-state index contributed by atoms with van der Waals surface area (Å²) < 4.78 is 13.2. The molecule has 0 fully saturated rings. The van der Waals surface area contributed by atoms with Gasteiger partial charge in [-0.1, -0.05) is 0 Å². The zero-order chi connectivity index (χ0) is 19.5. The topological polar surface area (TPSA) is 78.3 Å². The van der Waals surface area contributed by atoms with Crippen molar-refractivity contribution in [3.8, 4) is 17.2 Å². The molecule has 0 unspecified atom stereocenters. The lowest BCUT2D eigenvalue weighted by atomic mass is 10.1. The van der Waals surface area contributed by atoms with Gasteiger partial charge in [0.25, 0.3) is 5.91 Å². The third kappa shape index (κ3) is 3.69. The SMILES string of the molecule is CCOc1cc2c(cc1CNC(=O)c1ccc(-n3cncn3)cc1)O[C@@H](C)C2. The van der Waals surface area contributed by atoms with Crippen molar-refractivity contribution >= 4 is 5.91 Å². The van der Waals surface area contributed by atoms with Gasteiger partial charge in [-0.05, 0) is 50.2 Å². The van der Waals surface area contributed by atoms with Gasteiger partial charge in [0.15, 0.2) is 0 Å². The zero-order valence-corrected chi connectivity index (χ0v) is 15.9. The van der Waals surface area contributed by atoms with Gasteiger partial charge < -0.3 is 14.8 Å². The number of amides is 1. The number of aromatic nitrogens is 3. The Balaban J connectivity index is 1.46. The van der Waals surface area contributed by atoms with Gasteiger partial charge in [-0.15, -0.1) is 0 Å². The Labute approximate surface area is 163 Å². The summed E-state index contributed by atoms with van der Waals surface area (Å²) in [5, 5.41) is 7.04. The van der Waals surface area contributed by atoms with Crippen molar-refractivity contribution in [1.82, 2.24) is 20.1 Å². The minimum atomic E-state index is -0.151. The molecule has 144 valence electrons. The summed E-state index contributed by atoms with van der Waals surface area (Å²) in [5.41, 5.74) is 3.47. The van der Waals surface area contributed by atoms with Gasteiger partial charge in [0.2, 0.25) is 0 Å². The van der Waals surface area contributed by atoms with Gasteiger partial charge >= 0.3 is 0 Å². The summed E-state index contributed by atoms with van der Waals surface area (Å²) in [6, 6.07) is 11.2. The van der Waals surface area contributed by atoms with E-state index in [4.69, 9.17) is 9.47 Å². The van der Waals surface area contributed by atoms with Gasteiger partial charge in [0.1, 0.15) is 30.3 Å². The maximum atomic E-state index is 12.6. The summed E-state index contributed by atoms with van der Waals surface area (Å²) in [6.07, 6.45) is 4.12. The van der Waals surface area contributed by atoms with Crippen LogP contribution in [0.1, 0.15) is 35.3 Å². The van der Waals surface area contributed by atoms with Crippen LogP contribution in [0.3, 0.4) is 0 Å². The van der Waals surface area contributed by atoms with E-state index in [0.29, 0.717) is 18.7 Å². The third-order valence-electron chi connectivity index (χ3n) is 4.63. The molecule has 3 aromatic rings. The van der Waals surface area contributed by atoms with Gasteiger partial charge in [-0.3, -0.25) is 4.79 Å². The van der Waals surface area contributed by atoms with Crippen LogP contribution in [-0.2, 0) is 13.0 Å². The molecule has 0 bridgehead atoms. The minimum Gasteiger partial charge on any atom is -0.494 e. The molecule has 0 spiro atoms. The maximum Gasteiger partial charge on any atom is 0.251 e.